The molecule has 0 saturated carbocycles. The van der Waals surface area contributed by atoms with Crippen molar-refractivity contribution in [1.29, 1.82) is 0 Å². The van der Waals surface area contributed by atoms with Crippen molar-refractivity contribution in [3.63, 3.8) is 0 Å². The highest BCUT2D eigenvalue weighted by atomic mass is 16.5. The lowest BCUT2D eigenvalue weighted by atomic mass is 9.78. The molecule has 0 heterocycles. The summed E-state index contributed by atoms with van der Waals surface area (Å²) in [6.07, 6.45) is 2.38. The fourth-order valence-electron chi connectivity index (χ4n) is 4.00. The van der Waals surface area contributed by atoms with Crippen molar-refractivity contribution < 1.29 is 28.5 Å². The molecule has 34 heavy (non-hydrogen) atoms. The first-order chi connectivity index (χ1) is 16.3. The van der Waals surface area contributed by atoms with Gasteiger partial charge < -0.3 is 28.6 Å². The SMILES string of the molecule is CCOC(=O)C(C)(CCCN(C)CCc1ccc(OC)c(OC)c1)c1ccc(OC)c(OC)c1. The number of carbonyl (C=O) groups excluding carboxylic acids is 1. The van der Waals surface area contributed by atoms with Crippen LogP contribution >= 0.6 is 0 Å². The van der Waals surface area contributed by atoms with Crippen molar-refractivity contribution in [2.24, 2.45) is 0 Å². The van der Waals surface area contributed by atoms with Crippen molar-refractivity contribution in [1.82, 2.24) is 4.90 Å². The topological polar surface area (TPSA) is 66.5 Å². The highest BCUT2D eigenvalue weighted by Crippen LogP contribution is 2.37. The third kappa shape index (κ3) is 6.79. The van der Waals surface area contributed by atoms with Crippen LogP contribution in [0.1, 0.15) is 37.8 Å². The molecule has 0 aliphatic carbocycles. The molecule has 2 rings (SSSR count). The van der Waals surface area contributed by atoms with Gasteiger partial charge in [0.25, 0.3) is 0 Å². The van der Waals surface area contributed by atoms with Crippen LogP contribution in [-0.2, 0) is 21.4 Å². The molecule has 0 fully saturated rings. The van der Waals surface area contributed by atoms with Gasteiger partial charge in [-0.2, -0.15) is 0 Å². The largest absolute Gasteiger partial charge is 0.493 e. The van der Waals surface area contributed by atoms with E-state index in [4.69, 9.17) is 23.7 Å². The Morgan fingerprint density at radius 3 is 2.03 bits per heavy atom. The quantitative estimate of drug-likeness (QED) is 0.374. The summed E-state index contributed by atoms with van der Waals surface area (Å²) in [5, 5.41) is 0. The summed E-state index contributed by atoms with van der Waals surface area (Å²) in [4.78, 5) is 15.3. The van der Waals surface area contributed by atoms with Crippen molar-refractivity contribution in [3.8, 4) is 23.0 Å². The number of rotatable bonds is 14. The second-order valence-electron chi connectivity index (χ2n) is 8.47. The van der Waals surface area contributed by atoms with E-state index >= 15 is 0 Å². The molecular formula is C27H39NO6. The Morgan fingerprint density at radius 1 is 0.853 bits per heavy atom. The molecule has 2 aromatic carbocycles. The third-order valence-electron chi connectivity index (χ3n) is 6.19. The Hall–Kier alpha value is -2.93. The first-order valence-corrected chi connectivity index (χ1v) is 11.6. The maximum atomic E-state index is 13.0. The van der Waals surface area contributed by atoms with E-state index in [2.05, 4.69) is 18.0 Å². The second-order valence-corrected chi connectivity index (χ2v) is 8.47. The van der Waals surface area contributed by atoms with Gasteiger partial charge in [-0.1, -0.05) is 12.1 Å². The van der Waals surface area contributed by atoms with Gasteiger partial charge in [-0.3, -0.25) is 4.79 Å². The van der Waals surface area contributed by atoms with E-state index in [1.807, 2.05) is 44.2 Å². The van der Waals surface area contributed by atoms with Gasteiger partial charge in [0.05, 0.1) is 40.5 Å². The molecule has 0 aliphatic heterocycles. The van der Waals surface area contributed by atoms with Crippen LogP contribution in [0.15, 0.2) is 36.4 Å². The third-order valence-corrected chi connectivity index (χ3v) is 6.19. The lowest BCUT2D eigenvalue weighted by Gasteiger charge is -2.29. The highest BCUT2D eigenvalue weighted by molar-refractivity contribution is 5.83. The van der Waals surface area contributed by atoms with Gasteiger partial charge in [0.15, 0.2) is 23.0 Å². The second kappa shape index (κ2) is 13.1. The van der Waals surface area contributed by atoms with Crippen LogP contribution in [0.3, 0.4) is 0 Å². The van der Waals surface area contributed by atoms with E-state index in [0.29, 0.717) is 24.5 Å². The van der Waals surface area contributed by atoms with Gasteiger partial charge >= 0.3 is 5.97 Å². The molecule has 7 heteroatoms. The Balaban J connectivity index is 2.03. The number of likely N-dealkylation sites (N-methyl/N-ethyl adjacent to an activating group) is 1. The van der Waals surface area contributed by atoms with E-state index in [1.54, 1.807) is 28.4 Å². The summed E-state index contributed by atoms with van der Waals surface area (Å²) in [5.74, 6) is 2.47. The summed E-state index contributed by atoms with van der Waals surface area (Å²) < 4.78 is 27.0. The van der Waals surface area contributed by atoms with E-state index in [9.17, 15) is 4.79 Å². The summed E-state index contributed by atoms with van der Waals surface area (Å²) >= 11 is 0. The molecule has 188 valence electrons. The fourth-order valence-corrected chi connectivity index (χ4v) is 4.00. The molecule has 0 spiro atoms. The minimum atomic E-state index is -0.778. The van der Waals surface area contributed by atoms with E-state index in [1.165, 1.54) is 5.56 Å². The number of hydrogen-bond acceptors (Lipinski definition) is 7. The van der Waals surface area contributed by atoms with Crippen molar-refractivity contribution in [2.45, 2.75) is 38.5 Å². The normalized spacial score (nSPS) is 12.7. The monoisotopic (exact) mass is 473 g/mol. The Morgan fingerprint density at radius 2 is 1.44 bits per heavy atom. The zero-order valence-corrected chi connectivity index (χ0v) is 21.6. The van der Waals surface area contributed by atoms with Crippen LogP contribution in [0.2, 0.25) is 0 Å². The van der Waals surface area contributed by atoms with Crippen molar-refractivity contribution in [2.75, 3.05) is 55.2 Å². The molecule has 0 aromatic heterocycles. The lowest BCUT2D eigenvalue weighted by molar-refractivity contribution is -0.149. The number of ether oxygens (including phenoxy) is 5. The average Bonchev–Trinajstić information content (AvgIpc) is 2.86. The van der Waals surface area contributed by atoms with Crippen LogP contribution in [0.4, 0.5) is 0 Å². The van der Waals surface area contributed by atoms with Gasteiger partial charge in [-0.15, -0.1) is 0 Å². The summed E-state index contributed by atoms with van der Waals surface area (Å²) in [5.41, 5.74) is 1.27. The van der Waals surface area contributed by atoms with Crippen LogP contribution in [-0.4, -0.2) is 66.1 Å². The molecule has 0 N–H and O–H groups in total. The number of methoxy groups -OCH3 is 4. The standard InChI is InChI=1S/C27H39NO6/c1-8-34-26(29)27(2,21-11-13-23(31-5)25(19-21)33-7)15-9-16-28(3)17-14-20-10-12-22(30-4)24(18-20)32-6/h10-13,18-19H,8-9,14-17H2,1-7H3. The summed E-state index contributed by atoms with van der Waals surface area (Å²) in [7, 11) is 8.57. The Labute approximate surface area is 203 Å². The summed E-state index contributed by atoms with van der Waals surface area (Å²) in [6, 6.07) is 11.6. The van der Waals surface area contributed by atoms with E-state index in [-0.39, 0.29) is 5.97 Å². The van der Waals surface area contributed by atoms with Gasteiger partial charge in [0.2, 0.25) is 0 Å². The number of carbonyl (C=O) groups is 1. The molecule has 0 aliphatic rings. The predicted molar refractivity (Wildman–Crippen MR) is 134 cm³/mol. The lowest BCUT2D eigenvalue weighted by Crippen LogP contribution is -2.35. The van der Waals surface area contributed by atoms with Crippen LogP contribution in [0, 0.1) is 0 Å². The van der Waals surface area contributed by atoms with E-state index < -0.39 is 5.41 Å². The molecule has 0 radical (unpaired) electrons. The Kier molecular flexibility index (Phi) is 10.5. The first-order valence-electron chi connectivity index (χ1n) is 11.6. The molecule has 0 amide bonds. The molecule has 2 aromatic rings. The fraction of sp³-hybridized carbons (Fsp3) is 0.519. The molecule has 0 saturated heterocycles. The van der Waals surface area contributed by atoms with E-state index in [0.717, 1.165) is 43.0 Å². The van der Waals surface area contributed by atoms with Gasteiger partial charge in [0, 0.05) is 6.54 Å². The number of nitrogens with zero attached hydrogens (tertiary/aromatic N) is 1. The Bertz CT molecular complexity index is 931. The predicted octanol–water partition coefficient (Wildman–Crippen LogP) is 4.50. The van der Waals surface area contributed by atoms with Gasteiger partial charge in [-0.05, 0) is 82.1 Å². The zero-order chi connectivity index (χ0) is 25.1. The maximum absolute atomic E-state index is 13.0. The smallest absolute Gasteiger partial charge is 0.316 e. The average molecular weight is 474 g/mol. The van der Waals surface area contributed by atoms with Crippen molar-refractivity contribution >= 4 is 5.97 Å². The van der Waals surface area contributed by atoms with Gasteiger partial charge in [0.1, 0.15) is 0 Å². The van der Waals surface area contributed by atoms with Crippen molar-refractivity contribution in [3.05, 3.63) is 47.5 Å². The zero-order valence-electron chi connectivity index (χ0n) is 21.6. The minimum Gasteiger partial charge on any atom is -0.493 e. The number of esters is 1. The van der Waals surface area contributed by atoms with Crippen LogP contribution in [0.25, 0.3) is 0 Å². The number of benzene rings is 2. The molecular weight excluding hydrogens is 434 g/mol. The molecule has 0 bridgehead atoms. The first kappa shape index (κ1) is 27.3. The highest BCUT2D eigenvalue weighted by Gasteiger charge is 2.37. The molecule has 7 nitrogen and oxygen atoms in total. The van der Waals surface area contributed by atoms with Gasteiger partial charge in [-0.25, -0.2) is 0 Å². The number of hydrogen-bond donors (Lipinski definition) is 0. The molecule has 1 atom stereocenters. The van der Waals surface area contributed by atoms with Crippen LogP contribution in [0.5, 0.6) is 23.0 Å². The maximum Gasteiger partial charge on any atom is 0.316 e. The summed E-state index contributed by atoms with van der Waals surface area (Å²) in [6.45, 7) is 5.86. The van der Waals surface area contributed by atoms with Crippen LogP contribution < -0.4 is 18.9 Å². The molecule has 1 unspecified atom stereocenters. The minimum absolute atomic E-state index is 0.227.